The van der Waals surface area contributed by atoms with Gasteiger partial charge in [0.15, 0.2) is 5.82 Å². The Kier molecular flexibility index (Phi) is 3.84. The van der Waals surface area contributed by atoms with E-state index < -0.39 is 0 Å². The summed E-state index contributed by atoms with van der Waals surface area (Å²) in [5.41, 5.74) is 0.523. The van der Waals surface area contributed by atoms with Crippen LogP contribution in [0.5, 0.6) is 0 Å². The van der Waals surface area contributed by atoms with E-state index >= 15 is 0 Å². The highest BCUT2D eigenvalue weighted by Crippen LogP contribution is 2.39. The number of likely N-dealkylation sites (tertiary alicyclic amines) is 1. The molecule has 128 valence electrons. The first-order chi connectivity index (χ1) is 11.6. The molecule has 0 radical (unpaired) electrons. The number of piperidine rings is 1. The summed E-state index contributed by atoms with van der Waals surface area (Å²) in [5, 5.41) is 7.61. The van der Waals surface area contributed by atoms with Crippen molar-refractivity contribution in [2.75, 3.05) is 19.7 Å². The quantitative estimate of drug-likeness (QED) is 0.826. The van der Waals surface area contributed by atoms with Crippen LogP contribution in [-0.2, 0) is 4.74 Å². The standard InChI is InChI=1S/C16H20N4O4/c1-9-12(7-17-23-9)16(21)20-5-3-14-13(8-20)11(4-6-22-14)15-18-10(2)19-24-15/h7,11,13-14H,3-6,8H2,1-2H3/t11-,13-,14-/m1/s1. The van der Waals surface area contributed by atoms with Gasteiger partial charge in [-0.25, -0.2) is 0 Å². The average Bonchev–Trinajstić information content (AvgIpc) is 3.21. The first kappa shape index (κ1) is 15.3. The Morgan fingerprint density at radius 3 is 2.88 bits per heavy atom. The molecule has 0 aliphatic carbocycles. The van der Waals surface area contributed by atoms with Crippen molar-refractivity contribution >= 4 is 5.91 Å². The van der Waals surface area contributed by atoms with Crippen molar-refractivity contribution in [3.63, 3.8) is 0 Å². The number of aryl methyl sites for hydroxylation is 2. The molecule has 2 aromatic heterocycles. The molecule has 4 rings (SSSR count). The molecule has 2 aliphatic rings. The second kappa shape index (κ2) is 6.01. The number of hydrogen-bond donors (Lipinski definition) is 0. The van der Waals surface area contributed by atoms with Crippen molar-refractivity contribution in [1.29, 1.82) is 0 Å². The van der Waals surface area contributed by atoms with Gasteiger partial charge in [-0.3, -0.25) is 4.79 Å². The van der Waals surface area contributed by atoms with E-state index in [0.717, 1.165) is 12.8 Å². The number of fused-ring (bicyclic) bond motifs is 1. The van der Waals surface area contributed by atoms with Crippen LogP contribution in [0.25, 0.3) is 0 Å². The lowest BCUT2D eigenvalue weighted by molar-refractivity contribution is -0.0756. The number of hydrogen-bond acceptors (Lipinski definition) is 7. The smallest absolute Gasteiger partial charge is 0.259 e. The summed E-state index contributed by atoms with van der Waals surface area (Å²) >= 11 is 0. The van der Waals surface area contributed by atoms with Gasteiger partial charge in [-0.15, -0.1) is 0 Å². The van der Waals surface area contributed by atoms with Crippen LogP contribution in [0.2, 0.25) is 0 Å². The van der Waals surface area contributed by atoms with Crippen LogP contribution in [0.3, 0.4) is 0 Å². The molecule has 3 atom stereocenters. The second-order valence-electron chi connectivity index (χ2n) is 6.48. The zero-order chi connectivity index (χ0) is 16.7. The van der Waals surface area contributed by atoms with E-state index in [-0.39, 0.29) is 23.8 Å². The van der Waals surface area contributed by atoms with Gasteiger partial charge in [0.25, 0.3) is 5.91 Å². The first-order valence-corrected chi connectivity index (χ1v) is 8.26. The molecule has 1 amide bonds. The molecule has 0 aromatic carbocycles. The largest absolute Gasteiger partial charge is 0.378 e. The molecule has 0 bridgehead atoms. The van der Waals surface area contributed by atoms with Crippen molar-refractivity contribution < 1.29 is 18.6 Å². The van der Waals surface area contributed by atoms with Crippen molar-refractivity contribution in [1.82, 2.24) is 20.2 Å². The lowest BCUT2D eigenvalue weighted by Gasteiger charge is -2.43. The van der Waals surface area contributed by atoms with E-state index in [1.165, 1.54) is 6.20 Å². The first-order valence-electron chi connectivity index (χ1n) is 8.26. The van der Waals surface area contributed by atoms with Gasteiger partial charge < -0.3 is 18.7 Å². The van der Waals surface area contributed by atoms with E-state index in [1.54, 1.807) is 6.92 Å². The zero-order valence-corrected chi connectivity index (χ0v) is 13.8. The fraction of sp³-hybridized carbons (Fsp3) is 0.625. The summed E-state index contributed by atoms with van der Waals surface area (Å²) in [6.45, 7) is 5.53. The normalized spacial score (nSPS) is 27.1. The number of nitrogens with zero attached hydrogens (tertiary/aromatic N) is 4. The average molecular weight is 332 g/mol. The molecule has 2 saturated heterocycles. The Bertz CT molecular complexity index is 740. The molecule has 2 aliphatic heterocycles. The number of carbonyl (C=O) groups excluding carboxylic acids is 1. The fourth-order valence-corrected chi connectivity index (χ4v) is 3.74. The number of amides is 1. The fourth-order valence-electron chi connectivity index (χ4n) is 3.74. The lowest BCUT2D eigenvalue weighted by atomic mass is 9.79. The highest BCUT2D eigenvalue weighted by Gasteiger charge is 2.42. The van der Waals surface area contributed by atoms with Crippen LogP contribution in [0.15, 0.2) is 15.2 Å². The Morgan fingerprint density at radius 2 is 2.17 bits per heavy atom. The summed E-state index contributed by atoms with van der Waals surface area (Å²) in [6.07, 6.45) is 3.25. The summed E-state index contributed by atoms with van der Waals surface area (Å²) < 4.78 is 16.3. The molecule has 8 heteroatoms. The molecule has 0 unspecified atom stereocenters. The zero-order valence-electron chi connectivity index (χ0n) is 13.8. The minimum atomic E-state index is -0.0433. The number of ether oxygens (including phenoxy) is 1. The molecule has 0 N–H and O–H groups in total. The van der Waals surface area contributed by atoms with Crippen molar-refractivity contribution in [3.05, 3.63) is 29.2 Å². The van der Waals surface area contributed by atoms with E-state index in [2.05, 4.69) is 15.3 Å². The highest BCUT2D eigenvalue weighted by molar-refractivity contribution is 5.94. The van der Waals surface area contributed by atoms with Crippen molar-refractivity contribution in [3.8, 4) is 0 Å². The molecule has 8 nitrogen and oxygen atoms in total. The Morgan fingerprint density at radius 1 is 1.29 bits per heavy atom. The maximum absolute atomic E-state index is 12.7. The summed E-state index contributed by atoms with van der Waals surface area (Å²) in [7, 11) is 0. The van der Waals surface area contributed by atoms with Gasteiger partial charge in [0, 0.05) is 31.5 Å². The third-order valence-corrected chi connectivity index (χ3v) is 5.00. The Labute approximate surface area is 139 Å². The molecular formula is C16H20N4O4. The lowest BCUT2D eigenvalue weighted by Crippen LogP contribution is -2.51. The van der Waals surface area contributed by atoms with Gasteiger partial charge in [-0.1, -0.05) is 10.3 Å². The Hall–Kier alpha value is -2.22. The summed E-state index contributed by atoms with van der Waals surface area (Å²) in [5.74, 6) is 2.09. The number of carbonyl (C=O) groups is 1. The van der Waals surface area contributed by atoms with E-state index in [0.29, 0.717) is 42.7 Å². The number of rotatable bonds is 2. The molecular weight excluding hydrogens is 312 g/mol. The van der Waals surface area contributed by atoms with Crippen LogP contribution in [-0.4, -0.2) is 51.9 Å². The van der Waals surface area contributed by atoms with Gasteiger partial charge in [-0.05, 0) is 26.7 Å². The van der Waals surface area contributed by atoms with Gasteiger partial charge in [-0.2, -0.15) is 4.98 Å². The molecule has 4 heterocycles. The third-order valence-electron chi connectivity index (χ3n) is 5.00. The summed E-state index contributed by atoms with van der Waals surface area (Å²) in [6, 6.07) is 0. The van der Waals surface area contributed by atoms with Crippen LogP contribution < -0.4 is 0 Å². The van der Waals surface area contributed by atoms with Gasteiger partial charge in [0.2, 0.25) is 5.89 Å². The maximum atomic E-state index is 12.7. The monoisotopic (exact) mass is 332 g/mol. The van der Waals surface area contributed by atoms with Crippen LogP contribution >= 0.6 is 0 Å². The van der Waals surface area contributed by atoms with Crippen LogP contribution in [0.1, 0.15) is 46.6 Å². The molecule has 24 heavy (non-hydrogen) atoms. The Balaban J connectivity index is 1.56. The molecule has 0 spiro atoms. The predicted octanol–water partition coefficient (Wildman–Crippen LogP) is 1.71. The highest BCUT2D eigenvalue weighted by atomic mass is 16.5. The van der Waals surface area contributed by atoms with Crippen LogP contribution in [0, 0.1) is 19.8 Å². The molecule has 2 fully saturated rings. The molecule has 0 saturated carbocycles. The predicted molar refractivity (Wildman–Crippen MR) is 81.4 cm³/mol. The second-order valence-corrected chi connectivity index (χ2v) is 6.48. The van der Waals surface area contributed by atoms with Crippen molar-refractivity contribution in [2.45, 2.75) is 38.7 Å². The minimum Gasteiger partial charge on any atom is -0.378 e. The summed E-state index contributed by atoms with van der Waals surface area (Å²) in [4.78, 5) is 19.0. The van der Waals surface area contributed by atoms with Crippen molar-refractivity contribution in [2.24, 2.45) is 5.92 Å². The van der Waals surface area contributed by atoms with E-state index in [4.69, 9.17) is 13.8 Å². The topological polar surface area (TPSA) is 94.5 Å². The maximum Gasteiger partial charge on any atom is 0.259 e. The van der Waals surface area contributed by atoms with Gasteiger partial charge >= 0.3 is 0 Å². The third kappa shape index (κ3) is 2.60. The minimum absolute atomic E-state index is 0.0433. The SMILES string of the molecule is Cc1noc([C@@H]2CCO[C@@H]3CCN(C(=O)c4cnoc4C)C[C@@H]32)n1. The van der Waals surface area contributed by atoms with Gasteiger partial charge in [0.05, 0.1) is 12.3 Å². The van der Waals surface area contributed by atoms with Crippen LogP contribution in [0.4, 0.5) is 0 Å². The van der Waals surface area contributed by atoms with E-state index in [1.807, 2.05) is 11.8 Å². The van der Waals surface area contributed by atoms with Gasteiger partial charge in [0.1, 0.15) is 11.3 Å². The molecule has 2 aromatic rings. The van der Waals surface area contributed by atoms with E-state index in [9.17, 15) is 4.79 Å². The number of aromatic nitrogens is 3.